The summed E-state index contributed by atoms with van der Waals surface area (Å²) in [4.78, 5) is 29.5. The first-order chi connectivity index (χ1) is 14.6. The molecule has 31 heavy (non-hydrogen) atoms. The number of pyridine rings is 1. The summed E-state index contributed by atoms with van der Waals surface area (Å²) in [6.07, 6.45) is 3.07. The molecule has 0 radical (unpaired) electrons. The first-order valence-electron chi connectivity index (χ1n) is 11.1. The van der Waals surface area contributed by atoms with Gasteiger partial charge < -0.3 is 14.8 Å². The SMILES string of the molecule is Cc1ccccc1SC1CCN(C(=O)c2ccc3n(c2=O)C[C@@H]2CNC[C@H]3C2)CC1.Cl. The molecule has 2 bridgehead atoms. The molecule has 166 valence electrons. The molecule has 1 aromatic carbocycles. The molecule has 2 atom stereocenters. The summed E-state index contributed by atoms with van der Waals surface area (Å²) >= 11 is 1.92. The monoisotopic (exact) mass is 459 g/mol. The number of carbonyl (C=O) groups is 1. The highest BCUT2D eigenvalue weighted by Crippen LogP contribution is 2.33. The summed E-state index contributed by atoms with van der Waals surface area (Å²) in [5.41, 5.74) is 2.65. The lowest BCUT2D eigenvalue weighted by Crippen LogP contribution is -2.47. The highest BCUT2D eigenvalue weighted by Gasteiger charge is 2.33. The molecule has 5 nitrogen and oxygen atoms in total. The molecule has 0 saturated carbocycles. The number of likely N-dealkylation sites (tertiary alicyclic amines) is 1. The number of nitrogens with one attached hydrogen (secondary N) is 1. The summed E-state index contributed by atoms with van der Waals surface area (Å²) in [7, 11) is 0. The summed E-state index contributed by atoms with van der Waals surface area (Å²) in [5.74, 6) is 0.792. The van der Waals surface area contributed by atoms with Crippen molar-refractivity contribution in [3.05, 3.63) is 63.6 Å². The van der Waals surface area contributed by atoms with Crippen molar-refractivity contribution in [1.29, 1.82) is 0 Å². The van der Waals surface area contributed by atoms with E-state index in [0.717, 1.165) is 57.7 Å². The molecule has 3 aliphatic heterocycles. The van der Waals surface area contributed by atoms with Crippen LogP contribution in [0.1, 0.15) is 46.8 Å². The largest absolute Gasteiger partial charge is 0.338 e. The fourth-order valence-corrected chi connectivity index (χ4v) is 6.39. The van der Waals surface area contributed by atoms with E-state index in [1.165, 1.54) is 10.5 Å². The van der Waals surface area contributed by atoms with Gasteiger partial charge in [0.2, 0.25) is 0 Å². The van der Waals surface area contributed by atoms with Crippen LogP contribution in [0, 0.1) is 12.8 Å². The Balaban J connectivity index is 0.00000231. The van der Waals surface area contributed by atoms with E-state index in [-0.39, 0.29) is 23.9 Å². The van der Waals surface area contributed by atoms with Crippen LogP contribution in [-0.4, -0.2) is 46.8 Å². The second kappa shape index (κ2) is 9.39. The molecule has 3 aliphatic rings. The van der Waals surface area contributed by atoms with Crippen LogP contribution < -0.4 is 10.9 Å². The number of fused-ring (bicyclic) bond motifs is 4. The Bertz CT molecular complexity index is 1020. The molecule has 0 spiro atoms. The van der Waals surface area contributed by atoms with E-state index in [9.17, 15) is 9.59 Å². The number of amides is 1. The number of hydrogen-bond acceptors (Lipinski definition) is 4. The molecule has 7 heteroatoms. The molecule has 1 aromatic heterocycles. The third-order valence-corrected chi connectivity index (χ3v) is 8.37. The van der Waals surface area contributed by atoms with Crippen molar-refractivity contribution in [3.63, 3.8) is 0 Å². The van der Waals surface area contributed by atoms with Gasteiger partial charge in [0.1, 0.15) is 5.56 Å². The first-order valence-corrected chi connectivity index (χ1v) is 11.9. The van der Waals surface area contributed by atoms with E-state index in [1.54, 1.807) is 6.07 Å². The molecule has 5 rings (SSSR count). The molecule has 2 aromatic rings. The van der Waals surface area contributed by atoms with Crippen molar-refractivity contribution in [1.82, 2.24) is 14.8 Å². The number of benzene rings is 1. The summed E-state index contributed by atoms with van der Waals surface area (Å²) in [6.45, 7) is 6.21. The number of carbonyl (C=O) groups excluding carboxylic acids is 1. The topological polar surface area (TPSA) is 54.3 Å². The van der Waals surface area contributed by atoms with Crippen LogP contribution in [-0.2, 0) is 6.54 Å². The highest BCUT2D eigenvalue weighted by molar-refractivity contribution is 8.00. The van der Waals surface area contributed by atoms with E-state index in [2.05, 4.69) is 36.5 Å². The van der Waals surface area contributed by atoms with Crippen LogP contribution in [0.4, 0.5) is 0 Å². The van der Waals surface area contributed by atoms with Gasteiger partial charge in [-0.2, -0.15) is 0 Å². The number of aromatic nitrogens is 1. The molecule has 2 fully saturated rings. The van der Waals surface area contributed by atoms with Crippen molar-refractivity contribution in [2.24, 2.45) is 5.92 Å². The van der Waals surface area contributed by atoms with E-state index in [0.29, 0.717) is 22.6 Å². The van der Waals surface area contributed by atoms with Crippen LogP contribution >= 0.6 is 24.2 Å². The van der Waals surface area contributed by atoms with E-state index < -0.39 is 0 Å². The summed E-state index contributed by atoms with van der Waals surface area (Å²) in [5, 5.41) is 3.99. The van der Waals surface area contributed by atoms with Gasteiger partial charge in [-0.3, -0.25) is 9.59 Å². The van der Waals surface area contributed by atoms with Crippen molar-refractivity contribution in [3.8, 4) is 0 Å². The van der Waals surface area contributed by atoms with Gasteiger partial charge in [-0.15, -0.1) is 24.2 Å². The number of piperidine rings is 2. The Morgan fingerprint density at radius 2 is 1.87 bits per heavy atom. The van der Waals surface area contributed by atoms with Gasteiger partial charge in [0, 0.05) is 47.9 Å². The standard InChI is InChI=1S/C24H29N3O2S.ClH/c1-16-4-2-3-5-22(16)30-19-8-10-26(11-9-19)23(28)20-6-7-21-18-12-17(13-25-14-18)15-27(21)24(20)29;/h2-7,17-19,25H,8-15H2,1H3;1H/t17-,18+;/m0./s1. The Hall–Kier alpha value is -1.76. The number of aryl methyl sites for hydroxylation is 1. The van der Waals surface area contributed by atoms with E-state index >= 15 is 0 Å². The minimum atomic E-state index is -0.0940. The quantitative estimate of drug-likeness (QED) is 0.760. The average molecular weight is 460 g/mol. The van der Waals surface area contributed by atoms with E-state index in [1.807, 2.05) is 27.3 Å². The zero-order chi connectivity index (χ0) is 20.7. The van der Waals surface area contributed by atoms with Gasteiger partial charge in [0.15, 0.2) is 0 Å². The van der Waals surface area contributed by atoms with Gasteiger partial charge in [-0.05, 0) is 62.4 Å². The van der Waals surface area contributed by atoms with Gasteiger partial charge in [-0.1, -0.05) is 18.2 Å². The smallest absolute Gasteiger partial charge is 0.263 e. The maximum atomic E-state index is 13.2. The number of hydrogen-bond donors (Lipinski definition) is 1. The number of thioether (sulfide) groups is 1. The molecular weight excluding hydrogens is 430 g/mol. The number of rotatable bonds is 3. The lowest BCUT2D eigenvalue weighted by Gasteiger charge is -2.38. The second-order valence-corrected chi connectivity index (χ2v) is 10.3. The Morgan fingerprint density at radius 1 is 1.10 bits per heavy atom. The molecule has 1 N–H and O–H groups in total. The maximum Gasteiger partial charge on any atom is 0.263 e. The van der Waals surface area contributed by atoms with Crippen LogP contribution in [0.15, 0.2) is 46.1 Å². The fraction of sp³-hybridized carbons (Fsp3) is 0.500. The zero-order valence-corrected chi connectivity index (χ0v) is 19.5. The Labute approximate surface area is 194 Å². The lowest BCUT2D eigenvalue weighted by molar-refractivity contribution is 0.0724. The minimum Gasteiger partial charge on any atom is -0.338 e. The van der Waals surface area contributed by atoms with Crippen molar-refractivity contribution >= 4 is 30.1 Å². The third-order valence-electron chi connectivity index (χ3n) is 6.86. The van der Waals surface area contributed by atoms with Gasteiger partial charge in [-0.25, -0.2) is 0 Å². The van der Waals surface area contributed by atoms with Crippen LogP contribution in [0.3, 0.4) is 0 Å². The molecule has 2 saturated heterocycles. The number of halogens is 1. The first kappa shape index (κ1) is 22.4. The lowest BCUT2D eigenvalue weighted by atomic mass is 9.84. The normalized spacial score (nSPS) is 23.1. The average Bonchev–Trinajstić information content (AvgIpc) is 2.76. The van der Waals surface area contributed by atoms with Crippen LogP contribution in [0.25, 0.3) is 0 Å². The van der Waals surface area contributed by atoms with Crippen LogP contribution in [0.2, 0.25) is 0 Å². The van der Waals surface area contributed by atoms with Crippen molar-refractivity contribution < 1.29 is 4.79 Å². The highest BCUT2D eigenvalue weighted by atomic mass is 35.5. The Morgan fingerprint density at radius 3 is 2.65 bits per heavy atom. The molecule has 0 aliphatic carbocycles. The van der Waals surface area contributed by atoms with E-state index in [4.69, 9.17) is 0 Å². The van der Waals surface area contributed by atoms with Crippen molar-refractivity contribution in [2.75, 3.05) is 26.2 Å². The third kappa shape index (κ3) is 4.43. The molecule has 1 amide bonds. The van der Waals surface area contributed by atoms with Gasteiger partial charge in [0.05, 0.1) is 0 Å². The maximum absolute atomic E-state index is 13.2. The van der Waals surface area contributed by atoms with Gasteiger partial charge >= 0.3 is 0 Å². The second-order valence-electron chi connectivity index (χ2n) is 8.92. The van der Waals surface area contributed by atoms with Crippen LogP contribution in [0.5, 0.6) is 0 Å². The predicted molar refractivity (Wildman–Crippen MR) is 128 cm³/mol. The molecular formula is C24H30ClN3O2S. The molecule has 4 heterocycles. The predicted octanol–water partition coefficient (Wildman–Crippen LogP) is 3.68. The molecule has 0 unspecified atom stereocenters. The zero-order valence-electron chi connectivity index (χ0n) is 17.9. The summed E-state index contributed by atoms with van der Waals surface area (Å²) in [6, 6.07) is 12.3. The fourth-order valence-electron chi connectivity index (χ4n) is 5.17. The van der Waals surface area contributed by atoms with Crippen molar-refractivity contribution in [2.45, 2.75) is 48.8 Å². The van der Waals surface area contributed by atoms with Gasteiger partial charge in [0.25, 0.3) is 11.5 Å². The number of nitrogens with zero attached hydrogens (tertiary/aromatic N) is 2. The summed E-state index contributed by atoms with van der Waals surface area (Å²) < 4.78 is 1.88. The minimum absolute atomic E-state index is 0. The Kier molecular flexibility index (Phi) is 6.80.